The van der Waals surface area contributed by atoms with E-state index in [1.54, 1.807) is 19.1 Å². The van der Waals surface area contributed by atoms with E-state index in [0.717, 1.165) is 17.7 Å². The van der Waals surface area contributed by atoms with Crippen LogP contribution in [-0.2, 0) is 0 Å². The summed E-state index contributed by atoms with van der Waals surface area (Å²) >= 11 is 0. The zero-order valence-corrected chi connectivity index (χ0v) is 12.6. The number of hydrogen-bond donors (Lipinski definition) is 1. The zero-order valence-electron chi connectivity index (χ0n) is 12.6. The lowest BCUT2D eigenvalue weighted by Gasteiger charge is -2.18. The highest BCUT2D eigenvalue weighted by Gasteiger charge is 2.31. The second-order valence-electron chi connectivity index (χ2n) is 5.17. The standard InChI is InChI=1S/C15H18N4O3/c1-21-13-5-3-4-11(14(13)22-2)10-6-7-19(9-10)15(20)12-8-16-18-17-12/h3-5,8,10H,6-7,9H2,1-2H3,(H,16,17,18). The van der Waals surface area contributed by atoms with Crippen LogP contribution in [0.3, 0.4) is 0 Å². The maximum Gasteiger partial charge on any atom is 0.276 e. The Morgan fingerprint density at radius 1 is 1.36 bits per heavy atom. The number of methoxy groups -OCH3 is 2. The molecule has 0 spiro atoms. The summed E-state index contributed by atoms with van der Waals surface area (Å²) < 4.78 is 10.8. The number of para-hydroxylation sites is 1. The number of amides is 1. The number of nitrogens with zero attached hydrogens (tertiary/aromatic N) is 3. The van der Waals surface area contributed by atoms with Gasteiger partial charge in [-0.2, -0.15) is 15.4 Å². The molecule has 7 heteroatoms. The van der Waals surface area contributed by atoms with Crippen LogP contribution in [0.25, 0.3) is 0 Å². The Labute approximate surface area is 128 Å². The molecule has 1 aromatic heterocycles. The number of aromatic nitrogens is 3. The van der Waals surface area contributed by atoms with Crippen LogP contribution in [0.5, 0.6) is 11.5 Å². The van der Waals surface area contributed by atoms with Crippen LogP contribution in [-0.4, -0.2) is 53.5 Å². The number of benzene rings is 1. The molecule has 1 fully saturated rings. The second-order valence-corrected chi connectivity index (χ2v) is 5.17. The van der Waals surface area contributed by atoms with Gasteiger partial charge in [0.25, 0.3) is 5.91 Å². The van der Waals surface area contributed by atoms with Gasteiger partial charge in [0.2, 0.25) is 0 Å². The predicted octanol–water partition coefficient (Wildman–Crippen LogP) is 1.45. The molecule has 1 saturated heterocycles. The zero-order chi connectivity index (χ0) is 15.5. The molecule has 1 amide bonds. The predicted molar refractivity (Wildman–Crippen MR) is 79.2 cm³/mol. The molecule has 2 heterocycles. The molecule has 1 N–H and O–H groups in total. The fraction of sp³-hybridized carbons (Fsp3) is 0.400. The largest absolute Gasteiger partial charge is 0.493 e. The van der Waals surface area contributed by atoms with Crippen molar-refractivity contribution in [3.05, 3.63) is 35.7 Å². The summed E-state index contributed by atoms with van der Waals surface area (Å²) in [6, 6.07) is 5.84. The van der Waals surface area contributed by atoms with E-state index >= 15 is 0 Å². The van der Waals surface area contributed by atoms with Crippen molar-refractivity contribution in [2.24, 2.45) is 0 Å². The monoisotopic (exact) mass is 302 g/mol. The topological polar surface area (TPSA) is 80.3 Å². The van der Waals surface area contributed by atoms with E-state index in [-0.39, 0.29) is 11.8 Å². The molecule has 1 atom stereocenters. The highest BCUT2D eigenvalue weighted by Crippen LogP contribution is 2.39. The van der Waals surface area contributed by atoms with E-state index in [9.17, 15) is 4.79 Å². The third-order valence-corrected chi connectivity index (χ3v) is 3.98. The minimum atomic E-state index is -0.0990. The molecular formula is C15H18N4O3. The number of aromatic amines is 1. The van der Waals surface area contributed by atoms with E-state index < -0.39 is 0 Å². The summed E-state index contributed by atoms with van der Waals surface area (Å²) in [5, 5.41) is 10.00. The minimum absolute atomic E-state index is 0.0990. The number of hydrogen-bond acceptors (Lipinski definition) is 5. The van der Waals surface area contributed by atoms with Crippen molar-refractivity contribution in [3.8, 4) is 11.5 Å². The molecule has 1 aliphatic rings. The average Bonchev–Trinajstić information content (AvgIpc) is 3.24. The molecule has 0 bridgehead atoms. The quantitative estimate of drug-likeness (QED) is 0.924. The highest BCUT2D eigenvalue weighted by atomic mass is 16.5. The maximum atomic E-state index is 12.3. The van der Waals surface area contributed by atoms with Gasteiger partial charge in [-0.1, -0.05) is 12.1 Å². The van der Waals surface area contributed by atoms with Crippen LogP contribution in [0.2, 0.25) is 0 Å². The first-order valence-electron chi connectivity index (χ1n) is 7.10. The summed E-state index contributed by atoms with van der Waals surface area (Å²) in [6.07, 6.45) is 2.33. The number of rotatable bonds is 4. The number of carbonyl (C=O) groups is 1. The van der Waals surface area contributed by atoms with Crippen LogP contribution in [0.1, 0.15) is 28.4 Å². The Kier molecular flexibility index (Phi) is 3.95. The lowest BCUT2D eigenvalue weighted by molar-refractivity contribution is 0.0785. The van der Waals surface area contributed by atoms with Crippen LogP contribution >= 0.6 is 0 Å². The number of H-pyrrole nitrogens is 1. The number of carbonyl (C=O) groups excluding carboxylic acids is 1. The van der Waals surface area contributed by atoms with Crippen LogP contribution in [0.4, 0.5) is 0 Å². The van der Waals surface area contributed by atoms with Crippen molar-refractivity contribution < 1.29 is 14.3 Å². The van der Waals surface area contributed by atoms with E-state index in [1.807, 2.05) is 18.2 Å². The van der Waals surface area contributed by atoms with E-state index in [1.165, 1.54) is 6.20 Å². The van der Waals surface area contributed by atoms with Crippen molar-refractivity contribution >= 4 is 5.91 Å². The van der Waals surface area contributed by atoms with Gasteiger partial charge in [-0.05, 0) is 12.5 Å². The van der Waals surface area contributed by atoms with Gasteiger partial charge in [-0.25, -0.2) is 0 Å². The first-order valence-corrected chi connectivity index (χ1v) is 7.10. The molecule has 7 nitrogen and oxygen atoms in total. The number of likely N-dealkylation sites (tertiary alicyclic amines) is 1. The molecular weight excluding hydrogens is 284 g/mol. The van der Waals surface area contributed by atoms with Crippen molar-refractivity contribution in [3.63, 3.8) is 0 Å². The highest BCUT2D eigenvalue weighted by molar-refractivity contribution is 5.92. The smallest absolute Gasteiger partial charge is 0.276 e. The van der Waals surface area contributed by atoms with Gasteiger partial charge < -0.3 is 14.4 Å². The molecule has 0 saturated carbocycles. The third kappa shape index (κ3) is 2.49. The van der Waals surface area contributed by atoms with Crippen LogP contribution in [0.15, 0.2) is 24.4 Å². The van der Waals surface area contributed by atoms with Gasteiger partial charge >= 0.3 is 0 Å². The Morgan fingerprint density at radius 3 is 2.91 bits per heavy atom. The number of nitrogens with one attached hydrogen (secondary N) is 1. The van der Waals surface area contributed by atoms with E-state index in [4.69, 9.17) is 9.47 Å². The molecule has 1 unspecified atom stereocenters. The van der Waals surface area contributed by atoms with Crippen LogP contribution < -0.4 is 9.47 Å². The SMILES string of the molecule is COc1cccc(C2CCN(C(=O)c3cn[nH]n3)C2)c1OC. The Morgan fingerprint density at radius 2 is 2.23 bits per heavy atom. The van der Waals surface area contributed by atoms with Crippen molar-refractivity contribution in [1.29, 1.82) is 0 Å². The Bertz CT molecular complexity index is 657. The lowest BCUT2D eigenvalue weighted by atomic mass is 9.97. The summed E-state index contributed by atoms with van der Waals surface area (Å²) in [5.41, 5.74) is 1.41. The second kappa shape index (κ2) is 6.05. The van der Waals surface area contributed by atoms with Crippen LogP contribution in [0, 0.1) is 0 Å². The van der Waals surface area contributed by atoms with Gasteiger partial charge in [0.1, 0.15) is 0 Å². The molecule has 1 aliphatic heterocycles. The summed E-state index contributed by atoms with van der Waals surface area (Å²) in [6.45, 7) is 1.33. The van der Waals surface area contributed by atoms with Gasteiger partial charge in [0, 0.05) is 24.6 Å². The summed E-state index contributed by atoms with van der Waals surface area (Å²) in [5.74, 6) is 1.58. The molecule has 1 aromatic carbocycles. The van der Waals surface area contributed by atoms with Gasteiger partial charge in [-0.3, -0.25) is 4.79 Å². The normalized spacial score (nSPS) is 17.5. The molecule has 116 valence electrons. The molecule has 22 heavy (non-hydrogen) atoms. The Hall–Kier alpha value is -2.57. The van der Waals surface area contributed by atoms with E-state index in [2.05, 4.69) is 15.4 Å². The van der Waals surface area contributed by atoms with Crippen molar-refractivity contribution in [2.75, 3.05) is 27.3 Å². The van der Waals surface area contributed by atoms with Gasteiger partial charge in [0.05, 0.1) is 20.4 Å². The molecule has 0 aliphatic carbocycles. The molecule has 3 rings (SSSR count). The van der Waals surface area contributed by atoms with Crippen molar-refractivity contribution in [1.82, 2.24) is 20.3 Å². The first kappa shape index (κ1) is 14.4. The van der Waals surface area contributed by atoms with Gasteiger partial charge in [-0.15, -0.1) is 0 Å². The molecule has 0 radical (unpaired) electrons. The average molecular weight is 302 g/mol. The summed E-state index contributed by atoms with van der Waals surface area (Å²) in [7, 11) is 3.26. The first-order chi connectivity index (χ1) is 10.7. The third-order valence-electron chi connectivity index (χ3n) is 3.98. The summed E-state index contributed by atoms with van der Waals surface area (Å²) in [4.78, 5) is 14.1. The van der Waals surface area contributed by atoms with E-state index in [0.29, 0.717) is 24.5 Å². The molecule has 2 aromatic rings. The Balaban J connectivity index is 1.80. The fourth-order valence-corrected chi connectivity index (χ4v) is 2.90. The maximum absolute atomic E-state index is 12.3. The fourth-order valence-electron chi connectivity index (χ4n) is 2.90. The lowest BCUT2D eigenvalue weighted by Crippen LogP contribution is -2.28. The van der Waals surface area contributed by atoms with Crippen molar-refractivity contribution in [2.45, 2.75) is 12.3 Å². The minimum Gasteiger partial charge on any atom is -0.493 e. The van der Waals surface area contributed by atoms with Gasteiger partial charge in [0.15, 0.2) is 17.2 Å². The number of ether oxygens (including phenoxy) is 2.